The number of nitrogens with zero attached hydrogens (tertiary/aromatic N) is 1. The van der Waals surface area contributed by atoms with Gasteiger partial charge in [0.1, 0.15) is 5.75 Å². The van der Waals surface area contributed by atoms with Gasteiger partial charge in [-0.05, 0) is 25.1 Å². The fourth-order valence-electron chi connectivity index (χ4n) is 1.34. The lowest BCUT2D eigenvalue weighted by molar-refractivity contribution is 0.250. The fraction of sp³-hybridized carbons (Fsp3) is 0.417. The van der Waals surface area contributed by atoms with Crippen LogP contribution in [0.1, 0.15) is 18.1 Å². The lowest BCUT2D eigenvalue weighted by atomic mass is 10.1. The first-order chi connectivity index (χ1) is 7.71. The minimum absolute atomic E-state index is 0.0236. The molecule has 1 atom stereocenters. The summed E-state index contributed by atoms with van der Waals surface area (Å²) in [6.07, 6.45) is 0. The first-order valence-electron chi connectivity index (χ1n) is 5.12. The zero-order valence-electron chi connectivity index (χ0n) is 9.53. The van der Waals surface area contributed by atoms with Crippen molar-refractivity contribution in [2.75, 3.05) is 13.7 Å². The highest BCUT2D eigenvalue weighted by atomic mass is 16.5. The van der Waals surface area contributed by atoms with E-state index < -0.39 is 0 Å². The van der Waals surface area contributed by atoms with Gasteiger partial charge in [0.25, 0.3) is 0 Å². The molecule has 4 heteroatoms. The fourth-order valence-corrected chi connectivity index (χ4v) is 1.34. The molecule has 0 saturated carbocycles. The van der Waals surface area contributed by atoms with Crippen LogP contribution in [-0.4, -0.2) is 24.9 Å². The van der Waals surface area contributed by atoms with Crippen molar-refractivity contribution in [3.63, 3.8) is 0 Å². The second-order valence-corrected chi connectivity index (χ2v) is 3.60. The highest BCUT2D eigenvalue weighted by Gasteiger charge is 2.06. The molecule has 1 aromatic rings. The average molecular weight is 220 g/mol. The summed E-state index contributed by atoms with van der Waals surface area (Å²) in [4.78, 5) is 0. The molecule has 16 heavy (non-hydrogen) atoms. The van der Waals surface area contributed by atoms with Gasteiger partial charge >= 0.3 is 0 Å². The molecule has 0 bridgehead atoms. The molecule has 86 valence electrons. The molecule has 0 saturated heterocycles. The Kier molecular flexibility index (Phi) is 4.77. The Morgan fingerprint density at radius 2 is 2.31 bits per heavy atom. The van der Waals surface area contributed by atoms with Crippen molar-refractivity contribution >= 4 is 0 Å². The maximum Gasteiger partial charge on any atom is 0.123 e. The molecule has 2 N–H and O–H groups in total. The van der Waals surface area contributed by atoms with Crippen molar-refractivity contribution in [3.05, 3.63) is 29.3 Å². The lowest BCUT2D eigenvalue weighted by Crippen LogP contribution is -2.28. The van der Waals surface area contributed by atoms with Crippen LogP contribution in [0.2, 0.25) is 0 Å². The standard InChI is InChI=1S/C12H16N2O2/c1-9(8-15)14-7-11-5-10(6-13)3-4-12(11)16-2/h3-5,9,14-15H,7-8H2,1-2H3. The van der Waals surface area contributed by atoms with Gasteiger partial charge in [-0.2, -0.15) is 5.26 Å². The van der Waals surface area contributed by atoms with Crippen LogP contribution in [-0.2, 0) is 6.54 Å². The Balaban J connectivity index is 2.80. The van der Waals surface area contributed by atoms with Gasteiger partial charge < -0.3 is 15.2 Å². The first kappa shape index (κ1) is 12.5. The smallest absolute Gasteiger partial charge is 0.123 e. The molecule has 1 aromatic carbocycles. The number of aliphatic hydroxyl groups excluding tert-OH is 1. The molecule has 0 aliphatic rings. The van der Waals surface area contributed by atoms with Crippen LogP contribution in [0.15, 0.2) is 18.2 Å². The molecular weight excluding hydrogens is 204 g/mol. The number of ether oxygens (including phenoxy) is 1. The summed E-state index contributed by atoms with van der Waals surface area (Å²) >= 11 is 0. The third-order valence-electron chi connectivity index (χ3n) is 2.32. The van der Waals surface area contributed by atoms with Gasteiger partial charge in [0, 0.05) is 18.2 Å². The van der Waals surface area contributed by atoms with E-state index in [-0.39, 0.29) is 12.6 Å². The van der Waals surface area contributed by atoms with E-state index in [1.165, 1.54) is 0 Å². The van der Waals surface area contributed by atoms with Crippen LogP contribution >= 0.6 is 0 Å². The number of hydrogen-bond acceptors (Lipinski definition) is 4. The molecule has 4 nitrogen and oxygen atoms in total. The van der Waals surface area contributed by atoms with Crippen molar-refractivity contribution in [2.24, 2.45) is 0 Å². The average Bonchev–Trinajstić information content (AvgIpc) is 2.35. The van der Waals surface area contributed by atoms with Crippen molar-refractivity contribution in [1.29, 1.82) is 5.26 Å². The number of nitrogens with one attached hydrogen (secondary N) is 1. The predicted octanol–water partition coefficient (Wildman–Crippen LogP) is 1.04. The van der Waals surface area contributed by atoms with E-state index >= 15 is 0 Å². The second kappa shape index (κ2) is 6.11. The van der Waals surface area contributed by atoms with E-state index in [4.69, 9.17) is 15.1 Å². The minimum atomic E-state index is 0.0236. The van der Waals surface area contributed by atoms with Crippen LogP contribution in [0.4, 0.5) is 0 Å². The van der Waals surface area contributed by atoms with E-state index in [2.05, 4.69) is 11.4 Å². The molecule has 0 aliphatic carbocycles. The molecule has 0 radical (unpaired) electrons. The summed E-state index contributed by atoms with van der Waals surface area (Å²) in [5.74, 6) is 0.747. The van der Waals surface area contributed by atoms with Crippen molar-refractivity contribution in [1.82, 2.24) is 5.32 Å². The number of benzene rings is 1. The molecular formula is C12H16N2O2. The largest absolute Gasteiger partial charge is 0.496 e. The quantitative estimate of drug-likeness (QED) is 0.778. The Labute approximate surface area is 95.5 Å². The molecule has 1 rings (SSSR count). The summed E-state index contributed by atoms with van der Waals surface area (Å²) in [5, 5.41) is 20.8. The molecule has 1 unspecified atom stereocenters. The lowest BCUT2D eigenvalue weighted by Gasteiger charge is -2.13. The van der Waals surface area contributed by atoms with E-state index in [0.717, 1.165) is 11.3 Å². The number of hydrogen-bond donors (Lipinski definition) is 2. The third kappa shape index (κ3) is 3.23. The normalized spacial score (nSPS) is 11.9. The highest BCUT2D eigenvalue weighted by molar-refractivity contribution is 5.41. The summed E-state index contributed by atoms with van der Waals surface area (Å²) in [7, 11) is 1.60. The topological polar surface area (TPSA) is 65.3 Å². The van der Waals surface area contributed by atoms with E-state index in [9.17, 15) is 0 Å². The summed E-state index contributed by atoms with van der Waals surface area (Å²) < 4.78 is 5.20. The Bertz CT molecular complexity index is 385. The Morgan fingerprint density at radius 3 is 2.88 bits per heavy atom. The zero-order valence-corrected chi connectivity index (χ0v) is 9.53. The second-order valence-electron chi connectivity index (χ2n) is 3.60. The molecule has 0 amide bonds. The summed E-state index contributed by atoms with van der Waals surface area (Å²) in [6.45, 7) is 2.54. The number of nitriles is 1. The molecule has 0 fully saturated rings. The molecule has 0 spiro atoms. The van der Waals surface area contributed by atoms with Gasteiger partial charge in [0.2, 0.25) is 0 Å². The maximum absolute atomic E-state index is 8.89. The van der Waals surface area contributed by atoms with Crippen molar-refractivity contribution in [2.45, 2.75) is 19.5 Å². The van der Waals surface area contributed by atoms with Crippen molar-refractivity contribution < 1.29 is 9.84 Å². The number of rotatable bonds is 5. The van der Waals surface area contributed by atoms with Gasteiger partial charge in [-0.3, -0.25) is 0 Å². The van der Waals surface area contributed by atoms with Crippen LogP contribution in [0.25, 0.3) is 0 Å². The van der Waals surface area contributed by atoms with Crippen molar-refractivity contribution in [3.8, 4) is 11.8 Å². The highest BCUT2D eigenvalue weighted by Crippen LogP contribution is 2.19. The van der Waals surface area contributed by atoms with Crippen LogP contribution in [0.5, 0.6) is 5.75 Å². The molecule has 0 aliphatic heterocycles. The summed E-state index contributed by atoms with van der Waals surface area (Å²) in [6, 6.07) is 7.40. The molecule has 0 aromatic heterocycles. The SMILES string of the molecule is COc1ccc(C#N)cc1CNC(C)CO. The van der Waals surface area contributed by atoms with E-state index in [0.29, 0.717) is 12.1 Å². The minimum Gasteiger partial charge on any atom is -0.496 e. The van der Waals surface area contributed by atoms with Crippen LogP contribution in [0.3, 0.4) is 0 Å². The monoisotopic (exact) mass is 220 g/mol. The zero-order chi connectivity index (χ0) is 12.0. The number of methoxy groups -OCH3 is 1. The third-order valence-corrected chi connectivity index (χ3v) is 2.32. The number of aliphatic hydroxyl groups is 1. The predicted molar refractivity (Wildman–Crippen MR) is 61.1 cm³/mol. The van der Waals surface area contributed by atoms with E-state index in [1.54, 1.807) is 25.3 Å². The van der Waals surface area contributed by atoms with Gasteiger partial charge in [-0.25, -0.2) is 0 Å². The van der Waals surface area contributed by atoms with Gasteiger partial charge in [-0.15, -0.1) is 0 Å². The Hall–Kier alpha value is -1.57. The first-order valence-corrected chi connectivity index (χ1v) is 5.12. The van der Waals surface area contributed by atoms with E-state index in [1.807, 2.05) is 6.92 Å². The van der Waals surface area contributed by atoms with Gasteiger partial charge in [0.15, 0.2) is 0 Å². The van der Waals surface area contributed by atoms with Gasteiger partial charge in [0.05, 0.1) is 25.3 Å². The maximum atomic E-state index is 8.89. The van der Waals surface area contributed by atoms with Gasteiger partial charge in [-0.1, -0.05) is 0 Å². The Morgan fingerprint density at radius 1 is 1.56 bits per heavy atom. The summed E-state index contributed by atoms with van der Waals surface area (Å²) in [5.41, 5.74) is 1.52. The molecule has 0 heterocycles. The van der Waals surface area contributed by atoms with Crippen LogP contribution < -0.4 is 10.1 Å². The van der Waals surface area contributed by atoms with Crippen LogP contribution in [0, 0.1) is 11.3 Å².